The Morgan fingerprint density at radius 3 is 2.68 bits per heavy atom. The highest BCUT2D eigenvalue weighted by Crippen LogP contribution is 2.35. The fourth-order valence-electron chi connectivity index (χ4n) is 2.33. The van der Waals surface area contributed by atoms with Gasteiger partial charge in [0.2, 0.25) is 0 Å². The molecule has 0 bridgehead atoms. The van der Waals surface area contributed by atoms with Gasteiger partial charge in [-0.2, -0.15) is 0 Å². The van der Waals surface area contributed by atoms with E-state index in [1.165, 1.54) is 11.3 Å². The Morgan fingerprint density at radius 2 is 2.09 bits per heavy atom. The normalized spacial score (nSPS) is 17.7. The van der Waals surface area contributed by atoms with Gasteiger partial charge in [0.25, 0.3) is 0 Å². The van der Waals surface area contributed by atoms with Gasteiger partial charge < -0.3 is 15.2 Å². The highest BCUT2D eigenvalue weighted by atomic mass is 32.1. The monoisotopic (exact) mass is 326 g/mol. The third-order valence-corrected chi connectivity index (χ3v) is 4.29. The van der Waals surface area contributed by atoms with Gasteiger partial charge in [-0.1, -0.05) is 0 Å². The number of nitrogen functional groups attached to an aromatic ring is 1. The molecule has 0 aromatic carbocycles. The van der Waals surface area contributed by atoms with Crippen molar-refractivity contribution in [2.45, 2.75) is 52.3 Å². The molecule has 1 atom stereocenters. The molecule has 1 aliphatic rings. The first kappa shape index (κ1) is 16.8. The van der Waals surface area contributed by atoms with Crippen molar-refractivity contribution >= 4 is 28.3 Å². The molecule has 0 radical (unpaired) electrons. The minimum Gasteiger partial charge on any atom is -0.462 e. The smallest absolute Gasteiger partial charge is 0.341 e. The van der Waals surface area contributed by atoms with Crippen LogP contribution in [0.4, 0.5) is 5.00 Å². The first-order chi connectivity index (χ1) is 10.2. The lowest BCUT2D eigenvalue weighted by Gasteiger charge is -2.27. The molecular weight excluding hydrogens is 304 g/mol. The largest absolute Gasteiger partial charge is 0.462 e. The maximum atomic E-state index is 12.1. The fraction of sp³-hybridized carbons (Fsp3) is 0.600. The van der Waals surface area contributed by atoms with Crippen molar-refractivity contribution in [1.29, 1.82) is 0 Å². The number of esters is 2. The van der Waals surface area contributed by atoms with E-state index in [2.05, 4.69) is 5.32 Å². The predicted molar refractivity (Wildman–Crippen MR) is 84.9 cm³/mol. The molecule has 1 aromatic heterocycles. The van der Waals surface area contributed by atoms with Crippen LogP contribution in [0.2, 0.25) is 0 Å². The summed E-state index contributed by atoms with van der Waals surface area (Å²) in [7, 11) is 0. The van der Waals surface area contributed by atoms with E-state index in [1.807, 2.05) is 20.8 Å². The molecule has 0 amide bonds. The third kappa shape index (κ3) is 3.59. The number of nitrogens with two attached hydrogens (primary N) is 1. The average Bonchev–Trinajstić information content (AvgIpc) is 2.71. The van der Waals surface area contributed by atoms with Crippen molar-refractivity contribution in [3.8, 4) is 0 Å². The van der Waals surface area contributed by atoms with Gasteiger partial charge in [-0.15, -0.1) is 11.3 Å². The summed E-state index contributed by atoms with van der Waals surface area (Å²) in [6, 6.07) is -0.417. The van der Waals surface area contributed by atoms with Crippen LogP contribution in [0.3, 0.4) is 0 Å². The molecule has 7 heteroatoms. The van der Waals surface area contributed by atoms with Crippen LogP contribution in [-0.4, -0.2) is 30.2 Å². The fourth-order valence-corrected chi connectivity index (χ4v) is 3.46. The molecule has 0 spiro atoms. The number of anilines is 1. The number of ether oxygens (including phenoxy) is 2. The Kier molecular flexibility index (Phi) is 4.77. The molecule has 1 aliphatic heterocycles. The van der Waals surface area contributed by atoms with Gasteiger partial charge in [-0.3, -0.25) is 10.1 Å². The topological polar surface area (TPSA) is 90.6 Å². The molecule has 3 N–H and O–H groups in total. The third-order valence-electron chi connectivity index (χ3n) is 3.20. The molecule has 2 heterocycles. The van der Waals surface area contributed by atoms with Crippen LogP contribution in [-0.2, 0) is 27.2 Å². The van der Waals surface area contributed by atoms with Crippen LogP contribution in [0.25, 0.3) is 0 Å². The summed E-state index contributed by atoms with van der Waals surface area (Å²) in [5.41, 5.74) is 6.69. The zero-order valence-corrected chi connectivity index (χ0v) is 14.1. The van der Waals surface area contributed by atoms with Crippen LogP contribution in [0, 0.1) is 0 Å². The second kappa shape index (κ2) is 6.26. The summed E-state index contributed by atoms with van der Waals surface area (Å²) in [5, 5.41) is 3.56. The van der Waals surface area contributed by atoms with E-state index in [-0.39, 0.29) is 5.97 Å². The molecular formula is C15H22N2O4S. The zero-order chi connectivity index (χ0) is 16.5. The Bertz CT molecular complexity index is 589. The highest BCUT2D eigenvalue weighted by molar-refractivity contribution is 7.16. The molecule has 122 valence electrons. The average molecular weight is 326 g/mol. The molecule has 0 saturated carbocycles. The van der Waals surface area contributed by atoms with Crippen LogP contribution >= 0.6 is 11.3 Å². The first-order valence-electron chi connectivity index (χ1n) is 7.26. The van der Waals surface area contributed by atoms with Gasteiger partial charge in [0.15, 0.2) is 0 Å². The van der Waals surface area contributed by atoms with Crippen LogP contribution in [0.15, 0.2) is 0 Å². The van der Waals surface area contributed by atoms with Gasteiger partial charge in [0, 0.05) is 17.8 Å². The lowest BCUT2D eigenvalue weighted by atomic mass is 10.0. The van der Waals surface area contributed by atoms with Gasteiger partial charge in [0.05, 0.1) is 12.2 Å². The Hall–Kier alpha value is -1.60. The Morgan fingerprint density at radius 1 is 1.41 bits per heavy atom. The quantitative estimate of drug-likeness (QED) is 0.824. The van der Waals surface area contributed by atoms with E-state index >= 15 is 0 Å². The number of nitrogens with one attached hydrogen (secondary N) is 1. The van der Waals surface area contributed by atoms with Gasteiger partial charge in [0.1, 0.15) is 16.6 Å². The zero-order valence-electron chi connectivity index (χ0n) is 13.3. The van der Waals surface area contributed by atoms with E-state index in [0.29, 0.717) is 30.1 Å². The lowest BCUT2D eigenvalue weighted by Crippen LogP contribution is -2.44. The molecule has 2 rings (SSSR count). The van der Waals surface area contributed by atoms with Crippen molar-refractivity contribution < 1.29 is 19.1 Å². The SMILES string of the molecule is CCOC(=O)c1c(N)sc2c1CNC(C(=O)OC(C)(C)C)C2. The number of hydrogen-bond donors (Lipinski definition) is 2. The van der Waals surface area contributed by atoms with Gasteiger partial charge in [-0.05, 0) is 33.3 Å². The highest BCUT2D eigenvalue weighted by Gasteiger charge is 2.33. The molecule has 0 aliphatic carbocycles. The lowest BCUT2D eigenvalue weighted by molar-refractivity contribution is -0.157. The van der Waals surface area contributed by atoms with Crippen LogP contribution in [0.1, 0.15) is 48.5 Å². The van der Waals surface area contributed by atoms with Crippen molar-refractivity contribution in [2.75, 3.05) is 12.3 Å². The Labute approximate surface area is 134 Å². The number of hydrogen-bond acceptors (Lipinski definition) is 7. The summed E-state index contributed by atoms with van der Waals surface area (Å²) >= 11 is 1.34. The molecule has 6 nitrogen and oxygen atoms in total. The number of rotatable bonds is 3. The number of carbonyl (C=O) groups excluding carboxylic acids is 2. The molecule has 1 aromatic rings. The molecule has 22 heavy (non-hydrogen) atoms. The van der Waals surface area contributed by atoms with Gasteiger partial charge >= 0.3 is 11.9 Å². The van der Waals surface area contributed by atoms with Crippen molar-refractivity contribution in [1.82, 2.24) is 5.32 Å². The molecule has 0 fully saturated rings. The van der Waals surface area contributed by atoms with E-state index in [9.17, 15) is 9.59 Å². The number of carbonyl (C=O) groups is 2. The molecule has 0 saturated heterocycles. The first-order valence-corrected chi connectivity index (χ1v) is 8.08. The van der Waals surface area contributed by atoms with E-state index in [0.717, 1.165) is 10.4 Å². The van der Waals surface area contributed by atoms with Crippen LogP contribution < -0.4 is 11.1 Å². The maximum absolute atomic E-state index is 12.1. The van der Waals surface area contributed by atoms with Crippen molar-refractivity contribution in [3.05, 3.63) is 16.0 Å². The van der Waals surface area contributed by atoms with Crippen molar-refractivity contribution in [3.63, 3.8) is 0 Å². The second-order valence-electron chi connectivity index (χ2n) is 6.13. The number of fused-ring (bicyclic) bond motifs is 1. The van der Waals surface area contributed by atoms with Crippen molar-refractivity contribution in [2.24, 2.45) is 0 Å². The summed E-state index contributed by atoms with van der Waals surface area (Å²) in [4.78, 5) is 25.1. The standard InChI is InChI=1S/C15H22N2O4S/c1-5-20-14(19)11-8-7-17-9(6-10(8)22-12(11)16)13(18)21-15(2,3)4/h9,17H,5-7,16H2,1-4H3. The summed E-state index contributed by atoms with van der Waals surface area (Å²) in [6.45, 7) is 7.96. The van der Waals surface area contributed by atoms with E-state index < -0.39 is 17.6 Å². The number of thiophene rings is 1. The van der Waals surface area contributed by atoms with E-state index in [4.69, 9.17) is 15.2 Å². The van der Waals surface area contributed by atoms with E-state index in [1.54, 1.807) is 6.92 Å². The molecule has 1 unspecified atom stereocenters. The Balaban J connectivity index is 2.17. The summed E-state index contributed by atoms with van der Waals surface area (Å²) in [5.74, 6) is -0.696. The maximum Gasteiger partial charge on any atom is 0.341 e. The van der Waals surface area contributed by atoms with Gasteiger partial charge in [-0.25, -0.2) is 4.79 Å². The summed E-state index contributed by atoms with van der Waals surface area (Å²) in [6.07, 6.45) is 0.471. The predicted octanol–water partition coefficient (Wildman–Crippen LogP) is 1.86. The second-order valence-corrected chi connectivity index (χ2v) is 7.27. The minimum absolute atomic E-state index is 0.289. The minimum atomic E-state index is -0.524. The summed E-state index contributed by atoms with van der Waals surface area (Å²) < 4.78 is 10.4. The van der Waals surface area contributed by atoms with Crippen LogP contribution in [0.5, 0.6) is 0 Å².